The van der Waals surface area contributed by atoms with Gasteiger partial charge in [-0.25, -0.2) is 4.68 Å². The van der Waals surface area contributed by atoms with E-state index in [1.165, 1.54) is 31.2 Å². The van der Waals surface area contributed by atoms with Gasteiger partial charge >= 0.3 is 12.4 Å². The Morgan fingerprint density at radius 1 is 1.03 bits per heavy atom. The second-order valence-electron chi connectivity index (χ2n) is 6.04. The van der Waals surface area contributed by atoms with Crippen molar-refractivity contribution >= 4 is 11.7 Å². The number of aryl methyl sites for hydroxylation is 1. The van der Waals surface area contributed by atoms with Crippen molar-refractivity contribution in [3.05, 3.63) is 59.5 Å². The molecule has 0 saturated heterocycles. The third kappa shape index (κ3) is 4.58. The van der Waals surface area contributed by atoms with Crippen LogP contribution in [0.5, 0.6) is 0 Å². The average Bonchev–Trinajstić information content (AvgIpc) is 3.20. The van der Waals surface area contributed by atoms with Gasteiger partial charge in [-0.15, -0.1) is 0 Å². The lowest BCUT2D eigenvalue weighted by Crippen LogP contribution is -2.22. The molecule has 0 saturated carbocycles. The molecule has 1 amide bonds. The Morgan fingerprint density at radius 2 is 1.72 bits per heavy atom. The molecule has 154 valence electrons. The first-order valence-electron chi connectivity index (χ1n) is 8.09. The minimum Gasteiger partial charge on any atom is -0.309 e. The summed E-state index contributed by atoms with van der Waals surface area (Å²) in [6.07, 6.45) is -8.33. The molecule has 12 heteroatoms. The van der Waals surface area contributed by atoms with E-state index in [9.17, 15) is 31.1 Å². The Hall–Kier alpha value is -3.31. The minimum atomic E-state index is -4.65. The van der Waals surface area contributed by atoms with E-state index in [1.807, 2.05) is 0 Å². The quantitative estimate of drug-likeness (QED) is 0.652. The highest BCUT2D eigenvalue weighted by Gasteiger charge is 2.35. The standard InChI is InChI=1S/C17H13F6N5O/c1-10-8-14(24-15(29)9-27-7-6-13(26-27)17(21,22)23)28(25-10)12-5-3-2-4-11(12)16(18,19)20/h2-8H,9H2,1H3,(H,24,29). The molecule has 0 atom stereocenters. The summed E-state index contributed by atoms with van der Waals surface area (Å²) in [5.41, 5.74) is -2.09. The fourth-order valence-corrected chi connectivity index (χ4v) is 2.60. The summed E-state index contributed by atoms with van der Waals surface area (Å²) < 4.78 is 79.3. The third-order valence-corrected chi connectivity index (χ3v) is 3.77. The molecule has 3 aromatic rings. The fourth-order valence-electron chi connectivity index (χ4n) is 2.60. The van der Waals surface area contributed by atoms with Gasteiger partial charge in [0.15, 0.2) is 5.69 Å². The molecule has 2 aromatic heterocycles. The van der Waals surface area contributed by atoms with Gasteiger partial charge in [-0.1, -0.05) is 12.1 Å². The molecule has 0 aliphatic rings. The number of rotatable bonds is 4. The number of nitrogens with one attached hydrogen (secondary N) is 1. The molecule has 6 nitrogen and oxygen atoms in total. The van der Waals surface area contributed by atoms with Crippen molar-refractivity contribution in [1.29, 1.82) is 0 Å². The Kier molecular flexibility index (Phi) is 5.11. The SMILES string of the molecule is Cc1cc(NC(=O)Cn2ccc(C(F)(F)F)n2)n(-c2ccccc2C(F)(F)F)n1. The van der Waals surface area contributed by atoms with Crippen LogP contribution in [-0.2, 0) is 23.7 Å². The normalized spacial score (nSPS) is 12.2. The number of anilines is 1. The van der Waals surface area contributed by atoms with E-state index in [0.717, 1.165) is 21.6 Å². The zero-order valence-corrected chi connectivity index (χ0v) is 14.7. The molecule has 0 radical (unpaired) electrons. The summed E-state index contributed by atoms with van der Waals surface area (Å²) in [7, 11) is 0. The van der Waals surface area contributed by atoms with E-state index >= 15 is 0 Å². The number of carbonyl (C=O) groups is 1. The van der Waals surface area contributed by atoms with Gasteiger partial charge in [-0.3, -0.25) is 9.48 Å². The molecule has 0 aliphatic carbocycles. The Balaban J connectivity index is 1.85. The number of para-hydroxylation sites is 1. The van der Waals surface area contributed by atoms with Crippen LogP contribution in [0.1, 0.15) is 17.0 Å². The van der Waals surface area contributed by atoms with Crippen molar-refractivity contribution in [3.63, 3.8) is 0 Å². The predicted octanol–water partition coefficient (Wildman–Crippen LogP) is 4.05. The summed E-state index contributed by atoms with van der Waals surface area (Å²) in [6.45, 7) is 0.951. The van der Waals surface area contributed by atoms with Crippen LogP contribution in [0.15, 0.2) is 42.6 Å². The molecule has 29 heavy (non-hydrogen) atoms. The van der Waals surface area contributed by atoms with Crippen LogP contribution in [0.2, 0.25) is 0 Å². The maximum atomic E-state index is 13.3. The predicted molar refractivity (Wildman–Crippen MR) is 89.2 cm³/mol. The number of nitrogens with zero attached hydrogens (tertiary/aromatic N) is 4. The molecule has 1 N–H and O–H groups in total. The van der Waals surface area contributed by atoms with E-state index in [2.05, 4.69) is 15.5 Å². The molecule has 3 rings (SSSR count). The van der Waals surface area contributed by atoms with E-state index in [0.29, 0.717) is 11.8 Å². The van der Waals surface area contributed by atoms with Crippen LogP contribution in [0.25, 0.3) is 5.69 Å². The molecule has 0 spiro atoms. The maximum Gasteiger partial charge on any atom is 0.435 e. The average molecular weight is 417 g/mol. The lowest BCUT2D eigenvalue weighted by Gasteiger charge is -2.15. The highest BCUT2D eigenvalue weighted by atomic mass is 19.4. The minimum absolute atomic E-state index is 0.0626. The second kappa shape index (κ2) is 7.26. The van der Waals surface area contributed by atoms with Crippen LogP contribution < -0.4 is 5.32 Å². The Bertz CT molecular complexity index is 1030. The van der Waals surface area contributed by atoms with Gasteiger partial charge in [0.05, 0.1) is 16.9 Å². The molecule has 0 bridgehead atoms. The highest BCUT2D eigenvalue weighted by Crippen LogP contribution is 2.34. The summed E-state index contributed by atoms with van der Waals surface area (Å²) in [5, 5.41) is 9.59. The summed E-state index contributed by atoms with van der Waals surface area (Å²) >= 11 is 0. The van der Waals surface area contributed by atoms with Gasteiger partial charge in [0.25, 0.3) is 0 Å². The van der Waals surface area contributed by atoms with Crippen molar-refractivity contribution in [3.8, 4) is 5.69 Å². The van der Waals surface area contributed by atoms with Crippen molar-refractivity contribution in [1.82, 2.24) is 19.6 Å². The number of halogens is 6. The van der Waals surface area contributed by atoms with Crippen molar-refractivity contribution in [2.75, 3.05) is 5.32 Å². The fraction of sp³-hybridized carbons (Fsp3) is 0.235. The maximum absolute atomic E-state index is 13.3. The lowest BCUT2D eigenvalue weighted by molar-refractivity contribution is -0.141. The van der Waals surface area contributed by atoms with Gasteiger partial charge in [0.1, 0.15) is 12.4 Å². The van der Waals surface area contributed by atoms with Gasteiger partial charge in [0.2, 0.25) is 5.91 Å². The van der Waals surface area contributed by atoms with E-state index in [1.54, 1.807) is 0 Å². The molecular weight excluding hydrogens is 404 g/mol. The van der Waals surface area contributed by atoms with Gasteiger partial charge in [-0.05, 0) is 25.1 Å². The first-order chi connectivity index (χ1) is 13.4. The molecule has 2 heterocycles. The first kappa shape index (κ1) is 20.4. The Morgan fingerprint density at radius 3 is 2.34 bits per heavy atom. The zero-order chi connectivity index (χ0) is 21.4. The summed E-state index contributed by atoms with van der Waals surface area (Å²) in [4.78, 5) is 12.2. The van der Waals surface area contributed by atoms with Gasteiger partial charge in [-0.2, -0.15) is 36.5 Å². The number of hydrogen-bond acceptors (Lipinski definition) is 3. The van der Waals surface area contributed by atoms with E-state index in [4.69, 9.17) is 0 Å². The van der Waals surface area contributed by atoms with Crippen LogP contribution in [-0.4, -0.2) is 25.5 Å². The van der Waals surface area contributed by atoms with E-state index in [-0.39, 0.29) is 11.5 Å². The number of alkyl halides is 6. The largest absolute Gasteiger partial charge is 0.435 e. The highest BCUT2D eigenvalue weighted by molar-refractivity contribution is 5.90. The summed E-state index contributed by atoms with van der Waals surface area (Å²) in [5.74, 6) is -0.847. The lowest BCUT2D eigenvalue weighted by atomic mass is 10.1. The number of amides is 1. The van der Waals surface area contributed by atoms with Crippen LogP contribution in [0.4, 0.5) is 32.2 Å². The van der Waals surface area contributed by atoms with Crippen LogP contribution in [0.3, 0.4) is 0 Å². The van der Waals surface area contributed by atoms with Crippen LogP contribution >= 0.6 is 0 Å². The van der Waals surface area contributed by atoms with Gasteiger partial charge < -0.3 is 5.32 Å². The van der Waals surface area contributed by atoms with Crippen molar-refractivity contribution < 1.29 is 31.1 Å². The molecule has 0 unspecified atom stereocenters. The first-order valence-corrected chi connectivity index (χ1v) is 8.09. The molecule has 0 fully saturated rings. The number of benzene rings is 1. The summed E-state index contributed by atoms with van der Waals surface area (Å²) in [6, 6.07) is 6.72. The number of hydrogen-bond donors (Lipinski definition) is 1. The van der Waals surface area contributed by atoms with Crippen molar-refractivity contribution in [2.24, 2.45) is 0 Å². The molecule has 1 aromatic carbocycles. The van der Waals surface area contributed by atoms with Crippen molar-refractivity contribution in [2.45, 2.75) is 25.8 Å². The monoisotopic (exact) mass is 417 g/mol. The topological polar surface area (TPSA) is 64.7 Å². The second-order valence-corrected chi connectivity index (χ2v) is 6.04. The molecule has 0 aliphatic heterocycles. The Labute approximate surface area is 159 Å². The molecular formula is C17H13F6N5O. The number of aromatic nitrogens is 4. The third-order valence-electron chi connectivity index (χ3n) is 3.77. The number of carbonyl (C=O) groups excluding carboxylic acids is 1. The smallest absolute Gasteiger partial charge is 0.309 e. The van der Waals surface area contributed by atoms with Gasteiger partial charge in [0, 0.05) is 12.3 Å². The van der Waals surface area contributed by atoms with Crippen LogP contribution in [0, 0.1) is 6.92 Å². The van der Waals surface area contributed by atoms with E-state index < -0.39 is 36.1 Å². The zero-order valence-electron chi connectivity index (χ0n) is 14.7.